The van der Waals surface area contributed by atoms with Gasteiger partial charge in [-0.2, -0.15) is 0 Å². The topological polar surface area (TPSA) is 87.9 Å². The molecule has 1 heterocycles. The molecule has 7 heteroatoms. The summed E-state index contributed by atoms with van der Waals surface area (Å²) < 4.78 is 4.88. The summed E-state index contributed by atoms with van der Waals surface area (Å²) in [7, 11) is 1.60. The van der Waals surface area contributed by atoms with E-state index >= 15 is 0 Å². The van der Waals surface area contributed by atoms with Gasteiger partial charge in [0.05, 0.1) is 19.1 Å². The Bertz CT molecular complexity index is 341. The summed E-state index contributed by atoms with van der Waals surface area (Å²) in [5, 5.41) is 2.80. The number of ether oxygens (including phenoxy) is 1. The molecule has 0 bridgehead atoms. The van der Waals surface area contributed by atoms with Crippen LogP contribution in [0.4, 0.5) is 0 Å². The van der Waals surface area contributed by atoms with Crippen LogP contribution in [0.5, 0.6) is 0 Å². The third-order valence-corrected chi connectivity index (χ3v) is 3.86. The van der Waals surface area contributed by atoms with E-state index in [0.29, 0.717) is 32.8 Å². The summed E-state index contributed by atoms with van der Waals surface area (Å²) in [6.45, 7) is 7.87. The lowest BCUT2D eigenvalue weighted by Gasteiger charge is -2.36. The first kappa shape index (κ1) is 17.9. The van der Waals surface area contributed by atoms with Crippen molar-refractivity contribution in [1.29, 1.82) is 0 Å². The molecule has 1 saturated heterocycles. The number of hydrogen-bond donors (Lipinski definition) is 2. The maximum absolute atomic E-state index is 12.2. The van der Waals surface area contributed by atoms with E-state index in [0.717, 1.165) is 13.1 Å². The van der Waals surface area contributed by atoms with Gasteiger partial charge in [0, 0.05) is 45.9 Å². The maximum Gasteiger partial charge on any atom is 0.234 e. The van der Waals surface area contributed by atoms with E-state index in [2.05, 4.69) is 10.2 Å². The van der Waals surface area contributed by atoms with E-state index in [-0.39, 0.29) is 23.8 Å². The van der Waals surface area contributed by atoms with E-state index < -0.39 is 0 Å². The first-order valence-electron chi connectivity index (χ1n) is 7.48. The lowest BCUT2D eigenvalue weighted by Crippen LogP contribution is -2.53. The van der Waals surface area contributed by atoms with Crippen molar-refractivity contribution < 1.29 is 14.3 Å². The number of nitrogens with two attached hydrogens (primary N) is 1. The van der Waals surface area contributed by atoms with Crippen LogP contribution in [0.3, 0.4) is 0 Å². The minimum absolute atomic E-state index is 0.00391. The Hall–Kier alpha value is -1.18. The van der Waals surface area contributed by atoms with Crippen LogP contribution in [0.25, 0.3) is 0 Å². The molecule has 0 aromatic carbocycles. The number of amides is 2. The fourth-order valence-electron chi connectivity index (χ4n) is 2.19. The highest BCUT2D eigenvalue weighted by Crippen LogP contribution is 2.09. The van der Waals surface area contributed by atoms with Crippen molar-refractivity contribution in [1.82, 2.24) is 15.1 Å². The average molecular weight is 300 g/mol. The third-order valence-electron chi connectivity index (χ3n) is 3.86. The van der Waals surface area contributed by atoms with Gasteiger partial charge in [-0.3, -0.25) is 14.5 Å². The van der Waals surface area contributed by atoms with E-state index in [1.807, 2.05) is 18.7 Å². The molecule has 0 radical (unpaired) electrons. The molecule has 1 aliphatic heterocycles. The fourth-order valence-corrected chi connectivity index (χ4v) is 2.19. The largest absolute Gasteiger partial charge is 0.383 e. The average Bonchev–Trinajstić information content (AvgIpc) is 2.46. The Balaban J connectivity index is 2.29. The molecule has 0 aromatic heterocycles. The summed E-state index contributed by atoms with van der Waals surface area (Å²) in [6, 6.07) is -0.137. The van der Waals surface area contributed by atoms with Crippen LogP contribution in [0.1, 0.15) is 13.8 Å². The van der Waals surface area contributed by atoms with Gasteiger partial charge in [0.2, 0.25) is 11.8 Å². The first-order chi connectivity index (χ1) is 9.95. The first-order valence-corrected chi connectivity index (χ1v) is 7.48. The van der Waals surface area contributed by atoms with E-state index in [9.17, 15) is 9.59 Å². The Morgan fingerprint density at radius 3 is 2.38 bits per heavy atom. The molecule has 1 aliphatic rings. The monoisotopic (exact) mass is 300 g/mol. The number of rotatable bonds is 7. The van der Waals surface area contributed by atoms with Gasteiger partial charge in [-0.05, 0) is 6.92 Å². The highest BCUT2D eigenvalue weighted by atomic mass is 16.5. The van der Waals surface area contributed by atoms with E-state index in [1.54, 1.807) is 7.11 Å². The zero-order valence-corrected chi connectivity index (χ0v) is 13.3. The van der Waals surface area contributed by atoms with Gasteiger partial charge in [0.25, 0.3) is 0 Å². The normalized spacial score (nSPS) is 19.1. The molecular formula is C14H28N4O3. The molecule has 2 unspecified atom stereocenters. The van der Waals surface area contributed by atoms with Crippen LogP contribution in [0.15, 0.2) is 0 Å². The third kappa shape index (κ3) is 5.99. The van der Waals surface area contributed by atoms with Crippen LogP contribution in [0, 0.1) is 5.92 Å². The summed E-state index contributed by atoms with van der Waals surface area (Å²) in [6.07, 6.45) is 0. The quantitative estimate of drug-likeness (QED) is 0.581. The summed E-state index contributed by atoms with van der Waals surface area (Å²) in [5.74, 6) is -0.0566. The molecule has 0 saturated carbocycles. The van der Waals surface area contributed by atoms with Crippen LogP contribution < -0.4 is 11.1 Å². The van der Waals surface area contributed by atoms with Gasteiger partial charge in [0.1, 0.15) is 0 Å². The maximum atomic E-state index is 12.2. The minimum atomic E-state index is -0.158. The van der Waals surface area contributed by atoms with E-state index in [1.165, 1.54) is 0 Å². The van der Waals surface area contributed by atoms with Crippen molar-refractivity contribution in [3.05, 3.63) is 0 Å². The summed E-state index contributed by atoms with van der Waals surface area (Å²) in [4.78, 5) is 27.8. The lowest BCUT2D eigenvalue weighted by molar-refractivity contribution is -0.137. The summed E-state index contributed by atoms with van der Waals surface area (Å²) >= 11 is 0. The molecule has 2 amide bonds. The summed E-state index contributed by atoms with van der Waals surface area (Å²) in [5.41, 5.74) is 5.77. The molecular weight excluding hydrogens is 272 g/mol. The van der Waals surface area contributed by atoms with Crippen LogP contribution in [-0.2, 0) is 14.3 Å². The van der Waals surface area contributed by atoms with Crippen LogP contribution in [0.2, 0.25) is 0 Å². The zero-order chi connectivity index (χ0) is 15.8. The van der Waals surface area contributed by atoms with Crippen molar-refractivity contribution in [2.75, 3.05) is 53.0 Å². The molecule has 1 fully saturated rings. The van der Waals surface area contributed by atoms with Crippen LogP contribution >= 0.6 is 0 Å². The second-order valence-electron chi connectivity index (χ2n) is 5.59. The molecule has 21 heavy (non-hydrogen) atoms. The zero-order valence-electron chi connectivity index (χ0n) is 13.3. The van der Waals surface area contributed by atoms with Gasteiger partial charge in [-0.15, -0.1) is 0 Å². The van der Waals surface area contributed by atoms with Crippen LogP contribution in [-0.4, -0.2) is 80.6 Å². The Morgan fingerprint density at radius 1 is 1.24 bits per heavy atom. The molecule has 0 spiro atoms. The number of piperazine rings is 1. The lowest BCUT2D eigenvalue weighted by atomic mass is 10.0. The van der Waals surface area contributed by atoms with Crippen molar-refractivity contribution in [2.24, 2.45) is 11.7 Å². The van der Waals surface area contributed by atoms with Crippen molar-refractivity contribution in [2.45, 2.75) is 19.9 Å². The smallest absolute Gasteiger partial charge is 0.234 e. The number of nitrogens with zero attached hydrogens (tertiary/aromatic N) is 2. The number of carbonyl (C=O) groups excluding carboxylic acids is 2. The standard InChI is InChI=1S/C14H28N4O3/c1-11(12(2)15)14(20)18-7-5-17(6-8-18)10-13(19)16-4-9-21-3/h11-12H,4-10,15H2,1-3H3,(H,16,19). The number of nitrogens with one attached hydrogen (secondary N) is 1. The van der Waals surface area contributed by atoms with Gasteiger partial charge in [-0.1, -0.05) is 6.92 Å². The van der Waals surface area contributed by atoms with Gasteiger partial charge < -0.3 is 20.7 Å². The predicted molar refractivity (Wildman–Crippen MR) is 80.7 cm³/mol. The second-order valence-corrected chi connectivity index (χ2v) is 5.59. The van der Waals surface area contributed by atoms with Gasteiger partial charge in [-0.25, -0.2) is 0 Å². The molecule has 7 nitrogen and oxygen atoms in total. The van der Waals surface area contributed by atoms with Crippen molar-refractivity contribution >= 4 is 11.8 Å². The highest BCUT2D eigenvalue weighted by molar-refractivity contribution is 5.79. The molecule has 1 rings (SSSR count). The number of methoxy groups -OCH3 is 1. The number of carbonyl (C=O) groups is 2. The fraction of sp³-hybridized carbons (Fsp3) is 0.857. The minimum Gasteiger partial charge on any atom is -0.383 e. The molecule has 122 valence electrons. The molecule has 0 aliphatic carbocycles. The predicted octanol–water partition coefficient (Wildman–Crippen LogP) is -1.12. The SMILES string of the molecule is COCCNC(=O)CN1CCN(C(=O)C(C)C(C)N)CC1. The Kier molecular flexibility index (Phi) is 7.63. The molecule has 0 aromatic rings. The second kappa shape index (κ2) is 8.96. The van der Waals surface area contributed by atoms with E-state index in [4.69, 9.17) is 10.5 Å². The van der Waals surface area contributed by atoms with Gasteiger partial charge >= 0.3 is 0 Å². The van der Waals surface area contributed by atoms with Crippen molar-refractivity contribution in [3.63, 3.8) is 0 Å². The molecule has 2 atom stereocenters. The van der Waals surface area contributed by atoms with Gasteiger partial charge in [0.15, 0.2) is 0 Å². The highest BCUT2D eigenvalue weighted by Gasteiger charge is 2.27. The Morgan fingerprint density at radius 2 is 1.86 bits per heavy atom. The Labute approximate surface area is 126 Å². The molecule has 3 N–H and O–H groups in total. The number of hydrogen-bond acceptors (Lipinski definition) is 5. The van der Waals surface area contributed by atoms with Crippen molar-refractivity contribution in [3.8, 4) is 0 Å².